The van der Waals surface area contributed by atoms with Crippen LogP contribution in [0.3, 0.4) is 0 Å². The Bertz CT molecular complexity index is 761. The van der Waals surface area contributed by atoms with Gasteiger partial charge in [-0.1, -0.05) is 0 Å². The minimum absolute atomic E-state index is 0.148. The van der Waals surface area contributed by atoms with E-state index in [1.54, 1.807) is 0 Å². The molecule has 0 saturated carbocycles. The molecule has 2 N–H and O–H groups in total. The van der Waals surface area contributed by atoms with Crippen LogP contribution in [-0.4, -0.2) is 35.3 Å². The lowest BCUT2D eigenvalue weighted by molar-refractivity contribution is -0.116. The number of sulfonamides is 1. The van der Waals surface area contributed by atoms with E-state index in [1.807, 2.05) is 4.72 Å². The van der Waals surface area contributed by atoms with Gasteiger partial charge in [0.25, 0.3) is 0 Å². The highest BCUT2D eigenvalue weighted by atomic mass is 32.2. The quantitative estimate of drug-likeness (QED) is 0.817. The summed E-state index contributed by atoms with van der Waals surface area (Å²) in [7, 11) is -3.61. The van der Waals surface area contributed by atoms with Gasteiger partial charge < -0.3 is 5.32 Å². The van der Waals surface area contributed by atoms with E-state index in [-0.39, 0.29) is 23.7 Å². The first-order valence-corrected chi connectivity index (χ1v) is 8.12. The Balaban J connectivity index is 2.00. The number of hydrogen-bond donors (Lipinski definition) is 2. The molecule has 1 amide bonds. The van der Waals surface area contributed by atoms with Crippen molar-refractivity contribution in [3.05, 3.63) is 36.7 Å². The van der Waals surface area contributed by atoms with Gasteiger partial charge in [-0.3, -0.25) is 14.2 Å². The number of amides is 1. The molecule has 22 heavy (non-hydrogen) atoms. The van der Waals surface area contributed by atoms with E-state index in [9.17, 15) is 17.6 Å². The molecule has 2 aromatic rings. The lowest BCUT2D eigenvalue weighted by atomic mass is 10.2. The zero-order chi connectivity index (χ0) is 16.2. The number of benzene rings is 1. The van der Waals surface area contributed by atoms with Crippen LogP contribution in [0, 0.1) is 5.82 Å². The molecule has 8 nitrogen and oxygen atoms in total. The van der Waals surface area contributed by atoms with E-state index in [4.69, 9.17) is 0 Å². The molecule has 0 aliphatic rings. The first-order chi connectivity index (χ1) is 10.3. The highest BCUT2D eigenvalue weighted by molar-refractivity contribution is 7.92. The van der Waals surface area contributed by atoms with Gasteiger partial charge in [0, 0.05) is 12.1 Å². The lowest BCUT2D eigenvalue weighted by Gasteiger charge is -2.09. The van der Waals surface area contributed by atoms with E-state index in [0.29, 0.717) is 6.54 Å². The summed E-state index contributed by atoms with van der Waals surface area (Å²) in [5, 5.41) is 6.42. The lowest BCUT2D eigenvalue weighted by Crippen LogP contribution is -2.15. The van der Waals surface area contributed by atoms with Crippen molar-refractivity contribution in [2.24, 2.45) is 0 Å². The van der Waals surface area contributed by atoms with Crippen LogP contribution >= 0.6 is 0 Å². The highest BCUT2D eigenvalue weighted by Crippen LogP contribution is 2.20. The van der Waals surface area contributed by atoms with Gasteiger partial charge in [-0.25, -0.2) is 17.8 Å². The first-order valence-electron chi connectivity index (χ1n) is 6.23. The molecule has 0 aliphatic heterocycles. The third-order valence-electron chi connectivity index (χ3n) is 2.58. The molecule has 1 aromatic heterocycles. The summed E-state index contributed by atoms with van der Waals surface area (Å²) in [5.74, 6) is -1.04. The van der Waals surface area contributed by atoms with Crippen molar-refractivity contribution in [3.63, 3.8) is 0 Å². The normalized spacial score (nSPS) is 11.2. The number of halogens is 1. The standard InChI is InChI=1S/C12H14FN5O3S/c1-22(20,21)17-11-6-9(2-3-10(11)13)16-12(19)4-5-18-8-14-7-15-18/h2-3,6-8,17H,4-5H2,1H3,(H,16,19). The molecule has 0 atom stereocenters. The van der Waals surface area contributed by atoms with Crippen molar-refractivity contribution in [1.82, 2.24) is 14.8 Å². The topological polar surface area (TPSA) is 106 Å². The second-order valence-corrected chi connectivity index (χ2v) is 6.27. The molecule has 10 heteroatoms. The number of hydrogen-bond acceptors (Lipinski definition) is 5. The zero-order valence-electron chi connectivity index (χ0n) is 11.7. The summed E-state index contributed by atoms with van der Waals surface area (Å²) in [6, 6.07) is 3.63. The number of aryl methyl sites for hydroxylation is 1. The first kappa shape index (κ1) is 15.9. The largest absolute Gasteiger partial charge is 0.326 e. The Morgan fingerprint density at radius 1 is 1.41 bits per heavy atom. The second-order valence-electron chi connectivity index (χ2n) is 4.53. The molecule has 118 valence electrons. The van der Waals surface area contributed by atoms with E-state index in [1.165, 1.54) is 29.5 Å². The summed E-state index contributed by atoms with van der Waals surface area (Å²) in [6.07, 6.45) is 3.91. The molecule has 0 fully saturated rings. The molecule has 1 heterocycles. The molecule has 0 bridgehead atoms. The Hall–Kier alpha value is -2.49. The fraction of sp³-hybridized carbons (Fsp3) is 0.250. The third-order valence-corrected chi connectivity index (χ3v) is 3.17. The molecule has 0 spiro atoms. The van der Waals surface area contributed by atoms with Crippen LogP contribution in [0.25, 0.3) is 0 Å². The van der Waals surface area contributed by atoms with E-state index in [0.717, 1.165) is 12.3 Å². The van der Waals surface area contributed by atoms with Crippen LogP contribution in [0.2, 0.25) is 0 Å². The summed E-state index contributed by atoms with van der Waals surface area (Å²) in [5.41, 5.74) is 0.0627. The molecule has 1 aromatic carbocycles. The zero-order valence-corrected chi connectivity index (χ0v) is 12.5. The fourth-order valence-electron chi connectivity index (χ4n) is 1.67. The van der Waals surface area contributed by atoms with Crippen LogP contribution in [0.5, 0.6) is 0 Å². The van der Waals surface area contributed by atoms with Crippen LogP contribution in [0.1, 0.15) is 6.42 Å². The minimum Gasteiger partial charge on any atom is -0.326 e. The summed E-state index contributed by atoms with van der Waals surface area (Å²) in [4.78, 5) is 15.5. The van der Waals surface area contributed by atoms with Crippen LogP contribution in [-0.2, 0) is 21.4 Å². The van der Waals surface area contributed by atoms with E-state index >= 15 is 0 Å². The number of anilines is 2. The third kappa shape index (κ3) is 4.81. The summed E-state index contributed by atoms with van der Waals surface area (Å²) >= 11 is 0. The van der Waals surface area contributed by atoms with Gasteiger partial charge in [0.1, 0.15) is 18.5 Å². The number of rotatable bonds is 6. The second kappa shape index (κ2) is 6.52. The van der Waals surface area contributed by atoms with Crippen LogP contribution in [0.15, 0.2) is 30.9 Å². The van der Waals surface area contributed by atoms with Crippen molar-refractivity contribution in [2.45, 2.75) is 13.0 Å². The van der Waals surface area contributed by atoms with E-state index in [2.05, 4.69) is 15.4 Å². The number of nitrogens with one attached hydrogen (secondary N) is 2. The Morgan fingerprint density at radius 2 is 2.18 bits per heavy atom. The monoisotopic (exact) mass is 327 g/mol. The Morgan fingerprint density at radius 3 is 2.82 bits per heavy atom. The Kier molecular flexibility index (Phi) is 4.71. The average Bonchev–Trinajstić information content (AvgIpc) is 2.92. The van der Waals surface area contributed by atoms with E-state index < -0.39 is 15.8 Å². The number of nitrogens with zero attached hydrogens (tertiary/aromatic N) is 3. The molecular formula is C12H14FN5O3S. The van der Waals surface area contributed by atoms with Crippen LogP contribution < -0.4 is 10.0 Å². The molecule has 0 radical (unpaired) electrons. The summed E-state index contributed by atoms with van der Waals surface area (Å²) in [6.45, 7) is 0.349. The van der Waals surface area contributed by atoms with Gasteiger partial charge >= 0.3 is 0 Å². The Labute approximate surface area is 126 Å². The molecule has 0 saturated heterocycles. The van der Waals surface area contributed by atoms with Crippen molar-refractivity contribution in [1.29, 1.82) is 0 Å². The van der Waals surface area contributed by atoms with Gasteiger partial charge in [0.2, 0.25) is 15.9 Å². The van der Waals surface area contributed by atoms with Gasteiger partial charge in [-0.2, -0.15) is 5.10 Å². The summed E-state index contributed by atoms with van der Waals surface area (Å²) < 4.78 is 39.3. The highest BCUT2D eigenvalue weighted by Gasteiger charge is 2.10. The van der Waals surface area contributed by atoms with Gasteiger partial charge in [-0.05, 0) is 18.2 Å². The molecule has 2 rings (SSSR count). The molecule has 0 aliphatic carbocycles. The fourth-order valence-corrected chi connectivity index (χ4v) is 2.22. The maximum Gasteiger partial charge on any atom is 0.229 e. The van der Waals surface area contributed by atoms with Gasteiger partial charge in [0.05, 0.1) is 18.5 Å². The van der Waals surface area contributed by atoms with Crippen LogP contribution in [0.4, 0.5) is 15.8 Å². The van der Waals surface area contributed by atoms with Crippen molar-refractivity contribution >= 4 is 27.3 Å². The average molecular weight is 327 g/mol. The maximum absolute atomic E-state index is 13.5. The maximum atomic E-state index is 13.5. The number of aromatic nitrogens is 3. The number of carbonyl (C=O) groups excluding carboxylic acids is 1. The predicted octanol–water partition coefficient (Wildman–Crippen LogP) is 0.817. The SMILES string of the molecule is CS(=O)(=O)Nc1cc(NC(=O)CCn2cncn2)ccc1F. The van der Waals surface area contributed by atoms with Gasteiger partial charge in [-0.15, -0.1) is 0 Å². The van der Waals surface area contributed by atoms with Crippen molar-refractivity contribution in [3.8, 4) is 0 Å². The minimum atomic E-state index is -3.61. The van der Waals surface area contributed by atoms with Gasteiger partial charge in [0.15, 0.2) is 0 Å². The smallest absolute Gasteiger partial charge is 0.229 e. The molecular weight excluding hydrogens is 313 g/mol. The molecule has 0 unspecified atom stereocenters. The van der Waals surface area contributed by atoms with Crippen molar-refractivity contribution < 1.29 is 17.6 Å². The number of carbonyl (C=O) groups is 1. The predicted molar refractivity (Wildman–Crippen MR) is 78.1 cm³/mol. The van der Waals surface area contributed by atoms with Crippen molar-refractivity contribution in [2.75, 3.05) is 16.3 Å².